The summed E-state index contributed by atoms with van der Waals surface area (Å²) in [7, 11) is 1.50. The minimum atomic E-state index is -0.313. The molecular weight excluding hydrogens is 276 g/mol. The third-order valence-corrected chi connectivity index (χ3v) is 3.75. The lowest BCUT2D eigenvalue weighted by Gasteiger charge is -2.11. The van der Waals surface area contributed by atoms with E-state index < -0.39 is 0 Å². The zero-order chi connectivity index (χ0) is 15.7. The maximum Gasteiger partial charge on any atom is 0.277 e. The standard InChI is InChI=1S/C18H16N2O2/c1-12-8-6-7-11-14(12)19-16-15(13-9-4-3-5-10-13)17(21)20(2)18(16)22/h3-11,19H,1-2H3. The molecule has 0 atom stereocenters. The van der Waals surface area contributed by atoms with Crippen molar-refractivity contribution in [1.82, 2.24) is 4.90 Å². The number of aryl methyl sites for hydroxylation is 1. The van der Waals surface area contributed by atoms with E-state index in [2.05, 4.69) is 5.32 Å². The highest BCUT2D eigenvalue weighted by Gasteiger charge is 2.36. The van der Waals surface area contributed by atoms with Crippen LogP contribution >= 0.6 is 0 Å². The van der Waals surface area contributed by atoms with Gasteiger partial charge in [0.15, 0.2) is 0 Å². The number of para-hydroxylation sites is 1. The Morgan fingerprint density at radius 3 is 2.18 bits per heavy atom. The summed E-state index contributed by atoms with van der Waals surface area (Å²) >= 11 is 0. The molecule has 22 heavy (non-hydrogen) atoms. The molecule has 0 radical (unpaired) electrons. The fourth-order valence-electron chi connectivity index (χ4n) is 2.48. The third kappa shape index (κ3) is 2.29. The molecule has 2 amide bonds. The van der Waals surface area contributed by atoms with Gasteiger partial charge in [-0.25, -0.2) is 0 Å². The molecule has 0 saturated heterocycles. The smallest absolute Gasteiger partial charge is 0.277 e. The first-order valence-corrected chi connectivity index (χ1v) is 7.04. The van der Waals surface area contributed by atoms with Crippen molar-refractivity contribution in [2.24, 2.45) is 0 Å². The number of hydrogen-bond acceptors (Lipinski definition) is 3. The van der Waals surface area contributed by atoms with Gasteiger partial charge in [-0.15, -0.1) is 0 Å². The summed E-state index contributed by atoms with van der Waals surface area (Å²) in [6, 6.07) is 16.9. The molecule has 0 bridgehead atoms. The molecule has 2 aromatic carbocycles. The van der Waals surface area contributed by atoms with Gasteiger partial charge >= 0.3 is 0 Å². The normalized spacial score (nSPS) is 14.7. The summed E-state index contributed by atoms with van der Waals surface area (Å²) in [5.41, 5.74) is 3.31. The van der Waals surface area contributed by atoms with Crippen LogP contribution in [-0.2, 0) is 9.59 Å². The molecule has 4 nitrogen and oxygen atoms in total. The Bertz CT molecular complexity index is 779. The quantitative estimate of drug-likeness (QED) is 0.885. The number of rotatable bonds is 3. The van der Waals surface area contributed by atoms with E-state index in [0.717, 1.165) is 21.7 Å². The first kappa shape index (κ1) is 14.1. The number of nitrogens with zero attached hydrogens (tertiary/aromatic N) is 1. The molecule has 0 unspecified atom stereocenters. The Morgan fingerprint density at radius 1 is 0.864 bits per heavy atom. The van der Waals surface area contributed by atoms with Crippen molar-refractivity contribution in [2.45, 2.75) is 6.92 Å². The lowest BCUT2D eigenvalue weighted by molar-refractivity contribution is -0.135. The van der Waals surface area contributed by atoms with E-state index in [1.807, 2.05) is 61.5 Å². The molecule has 0 saturated carbocycles. The minimum Gasteiger partial charge on any atom is -0.350 e. The third-order valence-electron chi connectivity index (χ3n) is 3.75. The number of hydrogen-bond donors (Lipinski definition) is 1. The van der Waals surface area contributed by atoms with Gasteiger partial charge in [0.1, 0.15) is 5.70 Å². The molecule has 1 aliphatic rings. The monoisotopic (exact) mass is 292 g/mol. The zero-order valence-corrected chi connectivity index (χ0v) is 12.5. The molecule has 110 valence electrons. The number of benzene rings is 2. The highest BCUT2D eigenvalue weighted by molar-refractivity contribution is 6.36. The van der Waals surface area contributed by atoms with Crippen LogP contribution in [0.5, 0.6) is 0 Å². The first-order chi connectivity index (χ1) is 10.6. The summed E-state index contributed by atoms with van der Waals surface area (Å²) < 4.78 is 0. The lowest BCUT2D eigenvalue weighted by atomic mass is 10.0. The van der Waals surface area contributed by atoms with E-state index in [1.165, 1.54) is 7.05 Å². The number of nitrogens with one attached hydrogen (secondary N) is 1. The molecule has 0 aliphatic carbocycles. The van der Waals surface area contributed by atoms with Crippen molar-refractivity contribution in [3.63, 3.8) is 0 Å². The van der Waals surface area contributed by atoms with Crippen LogP contribution in [0, 0.1) is 6.92 Å². The van der Waals surface area contributed by atoms with Crippen LogP contribution in [-0.4, -0.2) is 23.8 Å². The van der Waals surface area contributed by atoms with Crippen molar-refractivity contribution in [3.8, 4) is 0 Å². The number of imide groups is 1. The van der Waals surface area contributed by atoms with E-state index in [-0.39, 0.29) is 11.8 Å². The predicted octanol–water partition coefficient (Wildman–Crippen LogP) is 2.82. The van der Waals surface area contributed by atoms with Gasteiger partial charge in [-0.1, -0.05) is 48.5 Å². The molecule has 1 heterocycles. The van der Waals surface area contributed by atoms with Crippen LogP contribution in [0.15, 0.2) is 60.3 Å². The molecule has 0 spiro atoms. The second-order valence-corrected chi connectivity index (χ2v) is 5.23. The Morgan fingerprint density at radius 2 is 1.50 bits per heavy atom. The Hall–Kier alpha value is -2.88. The van der Waals surface area contributed by atoms with E-state index in [1.54, 1.807) is 0 Å². The Balaban J connectivity index is 2.11. The van der Waals surface area contributed by atoms with E-state index in [9.17, 15) is 9.59 Å². The number of anilines is 1. The molecule has 1 aliphatic heterocycles. The van der Waals surface area contributed by atoms with Crippen LogP contribution < -0.4 is 5.32 Å². The summed E-state index contributed by atoms with van der Waals surface area (Å²) in [6.45, 7) is 1.95. The van der Waals surface area contributed by atoms with Crippen molar-refractivity contribution < 1.29 is 9.59 Å². The number of carbonyl (C=O) groups is 2. The minimum absolute atomic E-state index is 0.285. The molecule has 4 heteroatoms. The van der Waals surface area contributed by atoms with Gasteiger partial charge in [-0.05, 0) is 24.1 Å². The van der Waals surface area contributed by atoms with E-state index in [0.29, 0.717) is 11.3 Å². The summed E-state index contributed by atoms with van der Waals surface area (Å²) in [6.07, 6.45) is 0. The largest absolute Gasteiger partial charge is 0.350 e. The Labute approximate surface area is 129 Å². The number of likely N-dealkylation sites (N-methyl/N-ethyl adjacent to an activating group) is 1. The highest BCUT2D eigenvalue weighted by atomic mass is 16.2. The first-order valence-electron chi connectivity index (χ1n) is 7.04. The number of carbonyl (C=O) groups excluding carboxylic acids is 2. The van der Waals surface area contributed by atoms with Gasteiger partial charge in [0.25, 0.3) is 11.8 Å². The average Bonchev–Trinajstić information content (AvgIpc) is 2.75. The zero-order valence-electron chi connectivity index (χ0n) is 12.5. The fraction of sp³-hybridized carbons (Fsp3) is 0.111. The van der Waals surface area contributed by atoms with Crippen molar-refractivity contribution in [2.75, 3.05) is 12.4 Å². The molecule has 0 aromatic heterocycles. The summed E-state index contributed by atoms with van der Waals surface area (Å²) in [5, 5.41) is 3.14. The summed E-state index contributed by atoms with van der Waals surface area (Å²) in [5.74, 6) is -0.598. The summed E-state index contributed by atoms with van der Waals surface area (Å²) in [4.78, 5) is 26.0. The van der Waals surface area contributed by atoms with Gasteiger partial charge in [-0.2, -0.15) is 0 Å². The molecule has 0 fully saturated rings. The average molecular weight is 292 g/mol. The maximum absolute atomic E-state index is 12.4. The highest BCUT2D eigenvalue weighted by Crippen LogP contribution is 2.30. The van der Waals surface area contributed by atoms with Gasteiger partial charge in [0.05, 0.1) is 5.57 Å². The van der Waals surface area contributed by atoms with Gasteiger partial charge < -0.3 is 5.32 Å². The second-order valence-electron chi connectivity index (χ2n) is 5.23. The van der Waals surface area contributed by atoms with Gasteiger partial charge in [0.2, 0.25) is 0 Å². The van der Waals surface area contributed by atoms with Crippen LogP contribution in [0.4, 0.5) is 5.69 Å². The van der Waals surface area contributed by atoms with Crippen LogP contribution in [0.25, 0.3) is 5.57 Å². The van der Waals surface area contributed by atoms with Crippen molar-refractivity contribution in [1.29, 1.82) is 0 Å². The maximum atomic E-state index is 12.4. The van der Waals surface area contributed by atoms with E-state index >= 15 is 0 Å². The van der Waals surface area contributed by atoms with Crippen LogP contribution in [0.2, 0.25) is 0 Å². The Kier molecular flexibility index (Phi) is 3.51. The lowest BCUT2D eigenvalue weighted by Crippen LogP contribution is -2.28. The van der Waals surface area contributed by atoms with Gasteiger partial charge in [0, 0.05) is 12.7 Å². The van der Waals surface area contributed by atoms with Crippen molar-refractivity contribution >= 4 is 23.1 Å². The molecular formula is C18H16N2O2. The molecule has 2 aromatic rings. The SMILES string of the molecule is Cc1ccccc1NC1=C(c2ccccc2)C(=O)N(C)C1=O. The predicted molar refractivity (Wildman–Crippen MR) is 85.9 cm³/mol. The van der Waals surface area contributed by atoms with Crippen molar-refractivity contribution in [3.05, 3.63) is 71.4 Å². The van der Waals surface area contributed by atoms with Crippen LogP contribution in [0.1, 0.15) is 11.1 Å². The topological polar surface area (TPSA) is 49.4 Å². The van der Waals surface area contributed by atoms with E-state index in [4.69, 9.17) is 0 Å². The molecule has 1 N–H and O–H groups in total. The van der Waals surface area contributed by atoms with Crippen LogP contribution in [0.3, 0.4) is 0 Å². The van der Waals surface area contributed by atoms with Gasteiger partial charge in [-0.3, -0.25) is 14.5 Å². The molecule has 3 rings (SSSR count). The second kappa shape index (κ2) is 5.48. The number of amides is 2. The fourth-order valence-corrected chi connectivity index (χ4v) is 2.48.